The second-order valence-electron chi connectivity index (χ2n) is 6.28. The van der Waals surface area contributed by atoms with Gasteiger partial charge in [0, 0.05) is 14.2 Å². The van der Waals surface area contributed by atoms with E-state index in [2.05, 4.69) is 13.8 Å². The summed E-state index contributed by atoms with van der Waals surface area (Å²) >= 11 is 0. The third-order valence-electron chi connectivity index (χ3n) is 4.12. The van der Waals surface area contributed by atoms with E-state index in [1.165, 1.54) is 89.9 Å². The van der Waals surface area contributed by atoms with Gasteiger partial charge in [-0.1, -0.05) is 104 Å². The second kappa shape index (κ2) is 23.4. The maximum Gasteiger partial charge on any atom is 0.317 e. The standard InChI is InChI=1S/C16H34.C3H10O2Si/c1-3-5-7-9-11-13-15-16-14-12-10-8-6-4-2;1-4-6(3)5-2/h3-16H2,1-2H3;6H,1-3H3. The highest BCUT2D eigenvalue weighted by atomic mass is 28.3. The van der Waals surface area contributed by atoms with Crippen LogP contribution < -0.4 is 0 Å². The van der Waals surface area contributed by atoms with Crippen molar-refractivity contribution in [2.45, 2.75) is 110 Å². The second-order valence-corrected chi connectivity index (χ2v) is 8.36. The quantitative estimate of drug-likeness (QED) is 0.248. The molecular formula is C19H44O2Si. The predicted molar refractivity (Wildman–Crippen MR) is 103 cm³/mol. The molecule has 0 saturated heterocycles. The van der Waals surface area contributed by atoms with Gasteiger partial charge >= 0.3 is 9.28 Å². The SMILES string of the molecule is CCCCCCCCCCCCCCCC.CO[SiH](C)OC. The summed E-state index contributed by atoms with van der Waals surface area (Å²) in [6.07, 6.45) is 20.4. The summed E-state index contributed by atoms with van der Waals surface area (Å²) in [5.41, 5.74) is 0. The Kier molecular flexibility index (Phi) is 25.9. The van der Waals surface area contributed by atoms with Crippen LogP contribution in [0.5, 0.6) is 0 Å². The maximum atomic E-state index is 4.82. The van der Waals surface area contributed by atoms with Gasteiger partial charge in [0.1, 0.15) is 0 Å². The van der Waals surface area contributed by atoms with E-state index in [9.17, 15) is 0 Å². The Labute approximate surface area is 143 Å². The zero-order valence-electron chi connectivity index (χ0n) is 16.3. The van der Waals surface area contributed by atoms with E-state index in [1.54, 1.807) is 14.2 Å². The highest BCUT2D eigenvalue weighted by Gasteiger charge is 1.94. The Balaban J connectivity index is 0. The molecule has 0 heterocycles. The van der Waals surface area contributed by atoms with Crippen molar-refractivity contribution in [1.82, 2.24) is 0 Å². The smallest absolute Gasteiger partial charge is 0.317 e. The molecule has 0 fully saturated rings. The summed E-state index contributed by atoms with van der Waals surface area (Å²) in [6, 6.07) is 0. The van der Waals surface area contributed by atoms with Crippen LogP contribution in [0.1, 0.15) is 104 Å². The van der Waals surface area contributed by atoms with Gasteiger partial charge < -0.3 is 8.85 Å². The van der Waals surface area contributed by atoms with E-state index < -0.39 is 9.28 Å². The van der Waals surface area contributed by atoms with Gasteiger partial charge in [-0.25, -0.2) is 0 Å². The summed E-state index contributed by atoms with van der Waals surface area (Å²) in [5.74, 6) is 0. The van der Waals surface area contributed by atoms with E-state index in [1.807, 2.05) is 6.55 Å². The first kappa shape index (κ1) is 24.4. The molecule has 136 valence electrons. The molecule has 0 radical (unpaired) electrons. The third kappa shape index (κ3) is 25.1. The minimum absolute atomic E-state index is 1.16. The first-order valence-corrected chi connectivity index (χ1v) is 11.9. The van der Waals surface area contributed by atoms with E-state index >= 15 is 0 Å². The number of rotatable bonds is 15. The molecule has 0 amide bonds. The molecule has 0 spiro atoms. The Morgan fingerprint density at radius 3 is 0.864 bits per heavy atom. The average molecular weight is 333 g/mol. The predicted octanol–water partition coefficient (Wildman–Crippen LogP) is 6.62. The van der Waals surface area contributed by atoms with Gasteiger partial charge in [0.2, 0.25) is 0 Å². The molecule has 0 aromatic carbocycles. The number of unbranched alkanes of at least 4 members (excludes halogenated alkanes) is 13. The fourth-order valence-corrected chi connectivity index (χ4v) is 2.56. The minimum atomic E-state index is -1.16. The summed E-state index contributed by atoms with van der Waals surface area (Å²) in [5, 5.41) is 0. The number of hydrogen-bond acceptors (Lipinski definition) is 2. The molecule has 0 unspecified atom stereocenters. The molecule has 0 aromatic rings. The summed E-state index contributed by atoms with van der Waals surface area (Å²) in [7, 11) is 2.17. The van der Waals surface area contributed by atoms with Gasteiger partial charge in [-0.05, 0) is 6.55 Å². The van der Waals surface area contributed by atoms with Crippen molar-refractivity contribution in [1.29, 1.82) is 0 Å². The fraction of sp³-hybridized carbons (Fsp3) is 1.00. The van der Waals surface area contributed by atoms with E-state index in [0.29, 0.717) is 0 Å². The van der Waals surface area contributed by atoms with Crippen molar-refractivity contribution < 1.29 is 8.85 Å². The monoisotopic (exact) mass is 332 g/mol. The lowest BCUT2D eigenvalue weighted by atomic mass is 10.0. The molecule has 0 bridgehead atoms. The Bertz CT molecular complexity index is 159. The fourth-order valence-electron chi connectivity index (χ4n) is 2.36. The minimum Gasteiger partial charge on any atom is -0.400 e. The van der Waals surface area contributed by atoms with Crippen LogP contribution in [-0.2, 0) is 8.85 Å². The Morgan fingerprint density at radius 1 is 0.500 bits per heavy atom. The normalized spacial score (nSPS) is 10.6. The van der Waals surface area contributed by atoms with Crippen LogP contribution in [0.2, 0.25) is 6.55 Å². The molecule has 3 heteroatoms. The lowest BCUT2D eigenvalue weighted by Gasteiger charge is -2.02. The van der Waals surface area contributed by atoms with Crippen molar-refractivity contribution in [3.05, 3.63) is 0 Å². The van der Waals surface area contributed by atoms with Crippen LogP contribution >= 0.6 is 0 Å². The van der Waals surface area contributed by atoms with Crippen molar-refractivity contribution in [2.24, 2.45) is 0 Å². The van der Waals surface area contributed by atoms with Crippen LogP contribution in [0.15, 0.2) is 0 Å². The highest BCUT2D eigenvalue weighted by molar-refractivity contribution is 6.42. The number of hydrogen-bond donors (Lipinski definition) is 0. The summed E-state index contributed by atoms with van der Waals surface area (Å²) < 4.78 is 9.63. The molecular weight excluding hydrogens is 288 g/mol. The molecule has 22 heavy (non-hydrogen) atoms. The van der Waals surface area contributed by atoms with Crippen molar-refractivity contribution in [2.75, 3.05) is 14.2 Å². The Morgan fingerprint density at radius 2 is 0.727 bits per heavy atom. The van der Waals surface area contributed by atoms with Gasteiger partial charge in [-0.2, -0.15) is 0 Å². The first-order valence-electron chi connectivity index (χ1n) is 9.78. The van der Waals surface area contributed by atoms with Crippen LogP contribution in [-0.4, -0.2) is 23.5 Å². The van der Waals surface area contributed by atoms with E-state index in [0.717, 1.165) is 0 Å². The molecule has 0 saturated carbocycles. The molecule has 2 nitrogen and oxygen atoms in total. The van der Waals surface area contributed by atoms with Crippen molar-refractivity contribution in [3.63, 3.8) is 0 Å². The third-order valence-corrected chi connectivity index (χ3v) is 5.45. The molecule has 0 aliphatic heterocycles. The highest BCUT2D eigenvalue weighted by Crippen LogP contribution is 2.12. The van der Waals surface area contributed by atoms with Gasteiger partial charge in [0.05, 0.1) is 0 Å². The zero-order valence-corrected chi connectivity index (χ0v) is 17.4. The van der Waals surface area contributed by atoms with Gasteiger partial charge in [0.15, 0.2) is 0 Å². The Hall–Kier alpha value is 0.137. The molecule has 0 N–H and O–H groups in total. The molecule has 0 aromatic heterocycles. The van der Waals surface area contributed by atoms with Crippen LogP contribution in [0.25, 0.3) is 0 Å². The lowest BCUT2D eigenvalue weighted by Crippen LogP contribution is -2.12. The van der Waals surface area contributed by atoms with Gasteiger partial charge in [-0.3, -0.25) is 0 Å². The van der Waals surface area contributed by atoms with Crippen molar-refractivity contribution >= 4 is 9.28 Å². The molecule has 0 aliphatic carbocycles. The maximum absolute atomic E-state index is 4.82. The van der Waals surface area contributed by atoms with Crippen LogP contribution in [0, 0.1) is 0 Å². The zero-order chi connectivity index (χ0) is 16.9. The van der Waals surface area contributed by atoms with Crippen LogP contribution in [0.4, 0.5) is 0 Å². The average Bonchev–Trinajstić information content (AvgIpc) is 2.55. The van der Waals surface area contributed by atoms with Gasteiger partial charge in [0.25, 0.3) is 0 Å². The van der Waals surface area contributed by atoms with Crippen molar-refractivity contribution in [3.8, 4) is 0 Å². The van der Waals surface area contributed by atoms with E-state index in [-0.39, 0.29) is 0 Å². The first-order chi connectivity index (χ1) is 10.7. The van der Waals surface area contributed by atoms with E-state index in [4.69, 9.17) is 8.85 Å². The van der Waals surface area contributed by atoms with Gasteiger partial charge in [-0.15, -0.1) is 0 Å². The molecule has 0 aliphatic rings. The molecule has 0 rings (SSSR count). The molecule has 0 atom stereocenters. The lowest BCUT2D eigenvalue weighted by molar-refractivity contribution is 0.285. The summed E-state index contributed by atoms with van der Waals surface area (Å²) in [4.78, 5) is 0. The van der Waals surface area contributed by atoms with Crippen LogP contribution in [0.3, 0.4) is 0 Å². The largest absolute Gasteiger partial charge is 0.400 e. The summed E-state index contributed by atoms with van der Waals surface area (Å²) in [6.45, 7) is 6.55. The topological polar surface area (TPSA) is 18.5 Å².